The minimum atomic E-state index is -4.58. The van der Waals surface area contributed by atoms with Crippen LogP contribution in [0.5, 0.6) is 5.75 Å². The van der Waals surface area contributed by atoms with E-state index in [0.717, 1.165) is 30.4 Å². The van der Waals surface area contributed by atoms with Crippen LogP contribution in [0.1, 0.15) is 57.7 Å². The van der Waals surface area contributed by atoms with Crippen molar-refractivity contribution >= 4 is 42.6 Å². The molecule has 0 bridgehead atoms. The molecule has 212 valence electrons. The van der Waals surface area contributed by atoms with Crippen molar-refractivity contribution in [1.82, 2.24) is 15.0 Å². The summed E-state index contributed by atoms with van der Waals surface area (Å²) in [7, 11) is -1.92. The molecule has 2 heterocycles. The topological polar surface area (TPSA) is 69.2 Å². The SMILES string of the molecule is CSCc1cc(Nc2ncc3ccc(C(F)(F)F)c(O[C@H]4CC[C@@H](O[Si](C)(C)C(C)(C)C)CC4)c3n2)ccn1. The number of fused-ring (bicyclic) bond motifs is 1. The number of thioether (sulfide) groups is 1. The Labute approximate surface area is 233 Å². The average molecular weight is 579 g/mol. The molecule has 1 aliphatic carbocycles. The second-order valence-corrected chi connectivity index (χ2v) is 17.2. The van der Waals surface area contributed by atoms with Crippen LogP contribution >= 0.6 is 11.8 Å². The third-order valence-corrected chi connectivity index (χ3v) is 12.7. The molecular weight excluding hydrogens is 541 g/mol. The Morgan fingerprint density at radius 2 is 1.72 bits per heavy atom. The normalized spacial score (nSPS) is 18.8. The lowest BCUT2D eigenvalue weighted by atomic mass is 9.95. The highest BCUT2D eigenvalue weighted by Gasteiger charge is 2.41. The lowest BCUT2D eigenvalue weighted by Crippen LogP contribution is -2.45. The van der Waals surface area contributed by atoms with Crippen molar-refractivity contribution in [1.29, 1.82) is 0 Å². The van der Waals surface area contributed by atoms with Gasteiger partial charge >= 0.3 is 6.18 Å². The maximum absolute atomic E-state index is 14.1. The number of nitrogens with one attached hydrogen (secondary N) is 1. The van der Waals surface area contributed by atoms with Gasteiger partial charge in [-0.3, -0.25) is 4.98 Å². The molecule has 3 aromatic rings. The number of alkyl halides is 3. The van der Waals surface area contributed by atoms with Crippen LogP contribution in [0.4, 0.5) is 24.8 Å². The number of hydrogen-bond donors (Lipinski definition) is 1. The van der Waals surface area contributed by atoms with Crippen LogP contribution in [0.15, 0.2) is 36.7 Å². The predicted octanol–water partition coefficient (Wildman–Crippen LogP) is 8.36. The van der Waals surface area contributed by atoms with Crippen LogP contribution < -0.4 is 10.1 Å². The zero-order chi connectivity index (χ0) is 28.4. The first-order valence-corrected chi connectivity index (χ1v) is 17.5. The number of benzene rings is 1. The van der Waals surface area contributed by atoms with E-state index in [-0.39, 0.29) is 34.5 Å². The number of ether oxygens (including phenoxy) is 1. The van der Waals surface area contributed by atoms with E-state index in [1.165, 1.54) is 12.3 Å². The van der Waals surface area contributed by atoms with E-state index in [1.54, 1.807) is 24.0 Å². The summed E-state index contributed by atoms with van der Waals surface area (Å²) in [5, 5.41) is 3.69. The van der Waals surface area contributed by atoms with E-state index in [1.807, 2.05) is 12.3 Å². The summed E-state index contributed by atoms with van der Waals surface area (Å²) in [6, 6.07) is 6.09. The number of rotatable bonds is 8. The van der Waals surface area contributed by atoms with Gasteiger partial charge < -0.3 is 14.5 Å². The van der Waals surface area contributed by atoms with Gasteiger partial charge in [-0.2, -0.15) is 24.9 Å². The molecule has 2 aromatic heterocycles. The largest absolute Gasteiger partial charge is 0.487 e. The summed E-state index contributed by atoms with van der Waals surface area (Å²) in [6.45, 7) is 11.1. The van der Waals surface area contributed by atoms with E-state index in [9.17, 15) is 13.2 Å². The van der Waals surface area contributed by atoms with Crippen molar-refractivity contribution < 1.29 is 22.3 Å². The Bertz CT molecular complexity index is 1290. The third-order valence-electron chi connectivity index (χ3n) is 7.55. The summed E-state index contributed by atoms with van der Waals surface area (Å²) >= 11 is 1.65. The van der Waals surface area contributed by atoms with Crippen molar-refractivity contribution in [2.45, 2.75) is 88.7 Å². The fourth-order valence-corrected chi connectivity index (χ4v) is 6.29. The van der Waals surface area contributed by atoms with Gasteiger partial charge in [0, 0.05) is 35.3 Å². The average Bonchev–Trinajstić information content (AvgIpc) is 2.84. The Balaban J connectivity index is 1.58. The molecule has 4 rings (SSSR count). The number of pyridine rings is 1. The Morgan fingerprint density at radius 1 is 1.03 bits per heavy atom. The molecule has 0 radical (unpaired) electrons. The monoisotopic (exact) mass is 578 g/mol. The van der Waals surface area contributed by atoms with Gasteiger partial charge in [0.1, 0.15) is 5.52 Å². The Hall–Kier alpha value is -2.37. The van der Waals surface area contributed by atoms with E-state index >= 15 is 0 Å². The molecule has 1 aromatic carbocycles. The van der Waals surface area contributed by atoms with Crippen molar-refractivity contribution in [3.05, 3.63) is 47.9 Å². The van der Waals surface area contributed by atoms with Crippen LogP contribution in [0.2, 0.25) is 18.1 Å². The minimum absolute atomic E-state index is 0.100. The summed E-state index contributed by atoms with van der Waals surface area (Å²) in [6.07, 6.45) is 3.12. The zero-order valence-electron chi connectivity index (χ0n) is 23.4. The second kappa shape index (κ2) is 11.6. The smallest absolute Gasteiger partial charge is 0.420 e. The van der Waals surface area contributed by atoms with Crippen molar-refractivity contribution in [3.8, 4) is 5.75 Å². The molecule has 0 saturated heterocycles. The van der Waals surface area contributed by atoms with Crippen LogP contribution in [0.25, 0.3) is 10.9 Å². The minimum Gasteiger partial charge on any atom is -0.487 e. The molecule has 1 aliphatic rings. The van der Waals surface area contributed by atoms with Gasteiger partial charge in [0.2, 0.25) is 5.95 Å². The van der Waals surface area contributed by atoms with Crippen molar-refractivity contribution in [3.63, 3.8) is 0 Å². The van der Waals surface area contributed by atoms with E-state index < -0.39 is 20.1 Å². The number of hydrogen-bond acceptors (Lipinski definition) is 7. The maximum Gasteiger partial charge on any atom is 0.420 e. The van der Waals surface area contributed by atoms with Gasteiger partial charge in [-0.15, -0.1) is 0 Å². The molecule has 6 nitrogen and oxygen atoms in total. The molecule has 0 spiro atoms. The van der Waals surface area contributed by atoms with Crippen LogP contribution in [0.3, 0.4) is 0 Å². The van der Waals surface area contributed by atoms with E-state index in [0.29, 0.717) is 23.9 Å². The fraction of sp³-hybridized carbons (Fsp3) is 0.536. The number of anilines is 2. The molecule has 1 N–H and O–H groups in total. The summed E-state index contributed by atoms with van der Waals surface area (Å²) < 4.78 is 55.0. The van der Waals surface area contributed by atoms with Gasteiger partial charge in [0.25, 0.3) is 0 Å². The molecule has 1 fully saturated rings. The summed E-state index contributed by atoms with van der Waals surface area (Å²) in [5.41, 5.74) is 0.901. The maximum atomic E-state index is 14.1. The zero-order valence-corrected chi connectivity index (χ0v) is 25.2. The lowest BCUT2D eigenvalue weighted by molar-refractivity contribution is -0.139. The fourth-order valence-electron chi connectivity index (χ4n) is 4.41. The van der Waals surface area contributed by atoms with E-state index in [2.05, 4.69) is 54.1 Å². The highest BCUT2D eigenvalue weighted by atomic mass is 32.2. The van der Waals surface area contributed by atoms with Gasteiger partial charge in [0.05, 0.1) is 17.4 Å². The Morgan fingerprint density at radius 3 is 2.36 bits per heavy atom. The highest BCUT2D eigenvalue weighted by Crippen LogP contribution is 2.43. The van der Waals surface area contributed by atoms with Crippen LogP contribution in [-0.4, -0.2) is 41.7 Å². The molecule has 11 heteroatoms. The van der Waals surface area contributed by atoms with Crippen LogP contribution in [-0.2, 0) is 16.4 Å². The van der Waals surface area contributed by atoms with Gasteiger partial charge in [-0.05, 0) is 68.3 Å². The number of aromatic nitrogens is 3. The number of nitrogens with zero attached hydrogens (tertiary/aromatic N) is 3. The first kappa shape index (κ1) is 29.6. The van der Waals surface area contributed by atoms with Crippen molar-refractivity contribution in [2.75, 3.05) is 11.6 Å². The van der Waals surface area contributed by atoms with Gasteiger partial charge in [-0.25, -0.2) is 9.97 Å². The molecule has 39 heavy (non-hydrogen) atoms. The third kappa shape index (κ3) is 7.23. The van der Waals surface area contributed by atoms with Gasteiger partial charge in [0.15, 0.2) is 14.1 Å². The molecule has 0 atom stereocenters. The molecule has 1 saturated carbocycles. The molecule has 0 amide bonds. The quantitative estimate of drug-likeness (QED) is 0.269. The summed E-state index contributed by atoms with van der Waals surface area (Å²) in [4.78, 5) is 13.1. The predicted molar refractivity (Wildman–Crippen MR) is 154 cm³/mol. The molecule has 0 aliphatic heterocycles. The van der Waals surface area contributed by atoms with E-state index in [4.69, 9.17) is 9.16 Å². The second-order valence-electron chi connectivity index (χ2n) is 11.6. The lowest BCUT2D eigenvalue weighted by Gasteiger charge is -2.41. The van der Waals surface area contributed by atoms with Crippen LogP contribution in [0, 0.1) is 0 Å². The van der Waals surface area contributed by atoms with Gasteiger partial charge in [-0.1, -0.05) is 26.8 Å². The first-order valence-electron chi connectivity index (χ1n) is 13.2. The molecular formula is C28H37F3N4O2SSi. The Kier molecular flexibility index (Phi) is 8.82. The molecule has 0 unspecified atom stereocenters. The highest BCUT2D eigenvalue weighted by molar-refractivity contribution is 7.97. The number of halogens is 3. The van der Waals surface area contributed by atoms with Crippen molar-refractivity contribution in [2.24, 2.45) is 0 Å². The first-order chi connectivity index (χ1) is 18.3. The standard InChI is InChI=1S/C28H37F3N4O2SSi/c1-27(2,3)39(5,6)37-22-10-8-21(9-11-22)36-25-23(28(29,30)31)12-7-18-16-33-26(35-24(18)25)34-19-13-14-32-20(15-19)17-38-4/h7,12-16,21-22H,8-11,17H2,1-6H3,(H,32,33,34,35)/t21-,22+. The summed E-state index contributed by atoms with van der Waals surface area (Å²) in [5.74, 6) is 0.695.